The molecule has 0 saturated carbocycles. The molecule has 0 aromatic heterocycles. The molecule has 0 saturated heterocycles. The lowest BCUT2D eigenvalue weighted by Crippen LogP contribution is -2.32. The minimum atomic E-state index is -4.39. The highest BCUT2D eigenvalue weighted by atomic mass is 32.2. The van der Waals surface area contributed by atoms with Crippen molar-refractivity contribution in [1.29, 1.82) is 0 Å². The van der Waals surface area contributed by atoms with E-state index in [0.29, 0.717) is 18.3 Å². The number of thioether (sulfide) groups is 1. The third-order valence-electron chi connectivity index (χ3n) is 2.69. The van der Waals surface area contributed by atoms with Crippen LogP contribution >= 0.6 is 11.8 Å². The van der Waals surface area contributed by atoms with Crippen LogP contribution in [0.15, 0.2) is 29.3 Å². The maximum atomic E-state index is 12.4. The number of carbonyl (C=O) groups excluding carboxylic acids is 1. The van der Waals surface area contributed by atoms with Gasteiger partial charge in [0.1, 0.15) is 0 Å². The number of hydrogen-bond acceptors (Lipinski definition) is 3. The lowest BCUT2D eigenvalue weighted by atomic mass is 10.1. The second-order valence-electron chi connectivity index (χ2n) is 3.90. The highest BCUT2D eigenvalue weighted by Crippen LogP contribution is 2.29. The smallest absolute Gasteiger partial charge is 0.286 e. The molecule has 0 bridgehead atoms. The van der Waals surface area contributed by atoms with Crippen LogP contribution in [0.3, 0.4) is 0 Å². The van der Waals surface area contributed by atoms with E-state index >= 15 is 0 Å². The first-order chi connectivity index (χ1) is 8.93. The summed E-state index contributed by atoms with van der Waals surface area (Å²) in [4.78, 5) is 17.8. The molecule has 1 aliphatic heterocycles. The van der Waals surface area contributed by atoms with Gasteiger partial charge in [-0.2, -0.15) is 13.2 Å². The van der Waals surface area contributed by atoms with E-state index in [9.17, 15) is 18.0 Å². The predicted octanol–water partition coefficient (Wildman–Crippen LogP) is 2.88. The first-order valence-corrected chi connectivity index (χ1v) is 6.73. The van der Waals surface area contributed by atoms with Crippen molar-refractivity contribution in [2.24, 2.45) is 4.99 Å². The summed E-state index contributed by atoms with van der Waals surface area (Å²) in [7, 11) is 0. The van der Waals surface area contributed by atoms with Crippen LogP contribution in [-0.4, -0.2) is 35.3 Å². The highest BCUT2D eigenvalue weighted by molar-refractivity contribution is 8.13. The molecule has 0 radical (unpaired) electrons. The van der Waals surface area contributed by atoms with Crippen molar-refractivity contribution >= 4 is 22.8 Å². The number of halogens is 3. The number of hydrogen-bond donors (Lipinski definition) is 0. The molecule has 1 aromatic carbocycles. The summed E-state index contributed by atoms with van der Waals surface area (Å²) in [5.41, 5.74) is -0.527. The molecule has 0 spiro atoms. The fraction of sp³-hybridized carbons (Fsp3) is 0.333. The Morgan fingerprint density at radius 2 is 1.95 bits per heavy atom. The number of alkyl halides is 3. The fourth-order valence-electron chi connectivity index (χ4n) is 1.75. The Bertz CT molecular complexity index is 511. The van der Waals surface area contributed by atoms with Crippen LogP contribution in [0.4, 0.5) is 13.2 Å². The van der Waals surface area contributed by atoms with E-state index in [4.69, 9.17) is 0 Å². The highest BCUT2D eigenvalue weighted by Gasteiger charge is 2.31. The Labute approximate surface area is 112 Å². The van der Waals surface area contributed by atoms with E-state index in [-0.39, 0.29) is 11.5 Å². The third kappa shape index (κ3) is 2.91. The third-order valence-corrected chi connectivity index (χ3v) is 3.40. The number of aliphatic imine (C=N–C) groups is 1. The summed E-state index contributed by atoms with van der Waals surface area (Å²) in [6, 6.07) is 4.22. The molecule has 19 heavy (non-hydrogen) atoms. The van der Waals surface area contributed by atoms with Crippen molar-refractivity contribution in [1.82, 2.24) is 4.90 Å². The summed E-state index contributed by atoms with van der Waals surface area (Å²) in [6.07, 6.45) is -2.59. The van der Waals surface area contributed by atoms with E-state index < -0.39 is 11.7 Å². The molecule has 2 rings (SSSR count). The topological polar surface area (TPSA) is 32.7 Å². The molecule has 0 atom stereocenters. The second kappa shape index (κ2) is 5.24. The standard InChI is InChI=1S/C12H11F3N2OS/c1-19-11-16-6-7-17(11)10(18)8-2-4-9(5-3-8)12(13,14)15/h2-5H,6-7H2,1H3. The van der Waals surface area contributed by atoms with E-state index in [2.05, 4.69) is 4.99 Å². The van der Waals surface area contributed by atoms with Gasteiger partial charge in [-0.15, -0.1) is 0 Å². The van der Waals surface area contributed by atoms with Gasteiger partial charge in [0.2, 0.25) is 0 Å². The maximum absolute atomic E-state index is 12.4. The molecular weight excluding hydrogens is 277 g/mol. The Morgan fingerprint density at radius 1 is 1.32 bits per heavy atom. The summed E-state index contributed by atoms with van der Waals surface area (Å²) in [5.74, 6) is -0.320. The second-order valence-corrected chi connectivity index (χ2v) is 4.67. The molecule has 102 valence electrons. The molecule has 0 fully saturated rings. The van der Waals surface area contributed by atoms with E-state index in [0.717, 1.165) is 12.1 Å². The van der Waals surface area contributed by atoms with Gasteiger partial charge >= 0.3 is 6.18 Å². The summed E-state index contributed by atoms with van der Waals surface area (Å²) >= 11 is 1.35. The largest absolute Gasteiger partial charge is 0.416 e. The quantitative estimate of drug-likeness (QED) is 0.796. The van der Waals surface area contributed by atoms with Crippen molar-refractivity contribution in [3.8, 4) is 0 Å². The van der Waals surface area contributed by atoms with Gasteiger partial charge in [0.15, 0.2) is 5.17 Å². The molecule has 7 heteroatoms. The molecule has 1 aromatic rings. The van der Waals surface area contributed by atoms with Gasteiger partial charge in [0.05, 0.1) is 12.1 Å². The number of benzene rings is 1. The Morgan fingerprint density at radius 3 is 2.47 bits per heavy atom. The van der Waals surface area contributed by atoms with Crippen molar-refractivity contribution in [2.75, 3.05) is 19.3 Å². The molecule has 0 unspecified atom stereocenters. The monoisotopic (exact) mass is 288 g/mol. The maximum Gasteiger partial charge on any atom is 0.416 e. The van der Waals surface area contributed by atoms with Gasteiger partial charge in [-0.3, -0.25) is 14.7 Å². The Balaban J connectivity index is 2.19. The zero-order chi connectivity index (χ0) is 14.0. The molecule has 3 nitrogen and oxygen atoms in total. The minimum Gasteiger partial charge on any atom is -0.286 e. The first kappa shape index (κ1) is 13.9. The number of rotatable bonds is 1. The van der Waals surface area contributed by atoms with Gasteiger partial charge in [-0.25, -0.2) is 0 Å². The van der Waals surface area contributed by atoms with E-state index in [1.54, 1.807) is 6.26 Å². The van der Waals surface area contributed by atoms with Crippen LogP contribution in [-0.2, 0) is 6.18 Å². The number of amides is 1. The molecule has 1 amide bonds. The number of amidine groups is 1. The fourth-order valence-corrected chi connectivity index (χ4v) is 2.36. The molecular formula is C12H11F3N2OS. The van der Waals surface area contributed by atoms with E-state index in [1.165, 1.54) is 28.8 Å². The summed E-state index contributed by atoms with van der Waals surface area (Å²) < 4.78 is 37.3. The molecule has 0 N–H and O–H groups in total. The van der Waals surface area contributed by atoms with Gasteiger partial charge in [-0.05, 0) is 30.5 Å². The predicted molar refractivity (Wildman–Crippen MR) is 68.3 cm³/mol. The number of carbonyl (C=O) groups is 1. The van der Waals surface area contributed by atoms with Gasteiger partial charge in [-0.1, -0.05) is 11.8 Å². The van der Waals surface area contributed by atoms with Gasteiger partial charge in [0.25, 0.3) is 5.91 Å². The van der Waals surface area contributed by atoms with Crippen LogP contribution in [0.5, 0.6) is 0 Å². The van der Waals surface area contributed by atoms with Crippen LogP contribution < -0.4 is 0 Å². The Kier molecular flexibility index (Phi) is 3.84. The van der Waals surface area contributed by atoms with Crippen LogP contribution in [0.2, 0.25) is 0 Å². The average molecular weight is 288 g/mol. The van der Waals surface area contributed by atoms with E-state index in [1.807, 2.05) is 0 Å². The van der Waals surface area contributed by atoms with Gasteiger partial charge in [0, 0.05) is 12.1 Å². The molecule has 0 aliphatic carbocycles. The molecule has 1 aliphatic rings. The molecule has 1 heterocycles. The zero-order valence-corrected chi connectivity index (χ0v) is 10.9. The SMILES string of the molecule is CSC1=NCCN1C(=O)c1ccc(C(F)(F)F)cc1. The lowest BCUT2D eigenvalue weighted by molar-refractivity contribution is -0.137. The van der Waals surface area contributed by atoms with Crippen LogP contribution in [0, 0.1) is 0 Å². The van der Waals surface area contributed by atoms with Crippen molar-refractivity contribution in [3.05, 3.63) is 35.4 Å². The van der Waals surface area contributed by atoms with Crippen molar-refractivity contribution in [3.63, 3.8) is 0 Å². The van der Waals surface area contributed by atoms with Crippen molar-refractivity contribution in [2.45, 2.75) is 6.18 Å². The van der Waals surface area contributed by atoms with Crippen LogP contribution in [0.25, 0.3) is 0 Å². The number of nitrogens with zero attached hydrogens (tertiary/aromatic N) is 2. The minimum absolute atomic E-state index is 0.233. The summed E-state index contributed by atoms with van der Waals surface area (Å²) in [6.45, 7) is 0.999. The van der Waals surface area contributed by atoms with Crippen LogP contribution in [0.1, 0.15) is 15.9 Å². The lowest BCUT2D eigenvalue weighted by Gasteiger charge is -2.17. The first-order valence-electron chi connectivity index (χ1n) is 5.51. The average Bonchev–Trinajstić information content (AvgIpc) is 2.85. The van der Waals surface area contributed by atoms with Gasteiger partial charge < -0.3 is 0 Å². The Hall–Kier alpha value is -1.50. The van der Waals surface area contributed by atoms with Crippen molar-refractivity contribution < 1.29 is 18.0 Å². The zero-order valence-electron chi connectivity index (χ0n) is 10.1. The summed E-state index contributed by atoms with van der Waals surface area (Å²) in [5, 5.41) is 0.602. The normalized spacial score (nSPS) is 15.6.